The van der Waals surface area contributed by atoms with Crippen molar-refractivity contribution in [3.8, 4) is 0 Å². The van der Waals surface area contributed by atoms with Crippen LogP contribution in [0.1, 0.15) is 41.6 Å². The summed E-state index contributed by atoms with van der Waals surface area (Å²) >= 11 is 1.15. The molecule has 0 aliphatic carbocycles. The van der Waals surface area contributed by atoms with Crippen LogP contribution < -0.4 is 5.32 Å². The largest absolute Gasteiger partial charge is 0.351 e. The van der Waals surface area contributed by atoms with Crippen molar-refractivity contribution >= 4 is 17.4 Å². The predicted octanol–water partition coefficient (Wildman–Crippen LogP) is 1.97. The molecule has 5 heteroatoms. The van der Waals surface area contributed by atoms with Gasteiger partial charge in [-0.2, -0.15) is 0 Å². The lowest BCUT2D eigenvalue weighted by atomic mass is 10.1. The first kappa shape index (κ1) is 11.8. The second-order valence-corrected chi connectivity index (χ2v) is 4.23. The number of carbonyl (C=O) groups is 1. The molecule has 0 aliphatic rings. The highest BCUT2D eigenvalue weighted by molar-refractivity contribution is 7.08. The molecular weight excluding hydrogens is 210 g/mol. The van der Waals surface area contributed by atoms with Gasteiger partial charge in [0.15, 0.2) is 0 Å². The van der Waals surface area contributed by atoms with Crippen LogP contribution in [0, 0.1) is 0 Å². The Bertz CT molecular complexity index is 346. The van der Waals surface area contributed by atoms with E-state index in [1.807, 2.05) is 13.8 Å². The quantitative estimate of drug-likeness (QED) is 0.615. The molecule has 0 fully saturated rings. The van der Waals surface area contributed by atoms with Gasteiger partial charge in [-0.15, -0.1) is 11.7 Å². The smallest absolute Gasteiger partial charge is 0.264 e. The van der Waals surface area contributed by atoms with E-state index in [-0.39, 0.29) is 11.8 Å². The Kier molecular flexibility index (Phi) is 4.42. The summed E-state index contributed by atoms with van der Waals surface area (Å²) in [6.45, 7) is 8.20. The fraction of sp³-hybridized carbons (Fsp3) is 0.500. The van der Waals surface area contributed by atoms with E-state index in [0.717, 1.165) is 23.6 Å². The molecule has 1 amide bonds. The van der Waals surface area contributed by atoms with Gasteiger partial charge in [-0.3, -0.25) is 4.79 Å². The number of rotatable bonds is 5. The number of carbonyl (C=O) groups excluding carboxylic acids is 1. The van der Waals surface area contributed by atoms with Crippen molar-refractivity contribution in [3.63, 3.8) is 0 Å². The highest BCUT2D eigenvalue weighted by Gasteiger charge is 2.17. The van der Waals surface area contributed by atoms with Gasteiger partial charge in [0.25, 0.3) is 5.91 Å². The van der Waals surface area contributed by atoms with E-state index >= 15 is 0 Å². The minimum Gasteiger partial charge on any atom is -0.351 e. The molecule has 0 atom stereocenters. The molecule has 82 valence electrons. The summed E-state index contributed by atoms with van der Waals surface area (Å²) in [5.74, 6) is 0.138. The van der Waals surface area contributed by atoms with Crippen LogP contribution in [0.25, 0.3) is 0 Å². The Hall–Kier alpha value is -1.23. The summed E-state index contributed by atoms with van der Waals surface area (Å²) in [5, 5.41) is 6.75. The summed E-state index contributed by atoms with van der Waals surface area (Å²) in [7, 11) is 0. The Morgan fingerprint density at radius 1 is 1.67 bits per heavy atom. The Balaban J connectivity index is 2.65. The van der Waals surface area contributed by atoms with E-state index in [4.69, 9.17) is 0 Å². The van der Waals surface area contributed by atoms with Crippen molar-refractivity contribution in [2.75, 3.05) is 6.54 Å². The zero-order valence-corrected chi connectivity index (χ0v) is 9.80. The standard InChI is InChI=1S/C10H15N3OS/c1-4-5-6-11-10(14)9-8(7(2)3)12-13-15-9/h4,7H,1,5-6H2,2-3H3,(H,11,14). The number of aromatic nitrogens is 2. The second-order valence-electron chi connectivity index (χ2n) is 3.48. The first-order chi connectivity index (χ1) is 7.16. The third-order valence-electron chi connectivity index (χ3n) is 1.90. The first-order valence-electron chi connectivity index (χ1n) is 4.88. The number of hydrogen-bond acceptors (Lipinski definition) is 4. The zero-order chi connectivity index (χ0) is 11.3. The fourth-order valence-electron chi connectivity index (χ4n) is 1.10. The van der Waals surface area contributed by atoms with Gasteiger partial charge in [-0.05, 0) is 23.9 Å². The van der Waals surface area contributed by atoms with Gasteiger partial charge in [0.2, 0.25) is 0 Å². The summed E-state index contributed by atoms with van der Waals surface area (Å²) in [6.07, 6.45) is 2.55. The SMILES string of the molecule is C=CCCNC(=O)c1snnc1C(C)C. The van der Waals surface area contributed by atoms with Gasteiger partial charge >= 0.3 is 0 Å². The minimum absolute atomic E-state index is 0.0875. The number of amides is 1. The topological polar surface area (TPSA) is 54.9 Å². The van der Waals surface area contributed by atoms with Crippen molar-refractivity contribution < 1.29 is 4.79 Å². The molecule has 0 bridgehead atoms. The maximum Gasteiger partial charge on any atom is 0.264 e. The van der Waals surface area contributed by atoms with E-state index < -0.39 is 0 Å². The van der Waals surface area contributed by atoms with Crippen LogP contribution in [0.3, 0.4) is 0 Å². The number of nitrogens with zero attached hydrogens (tertiary/aromatic N) is 2. The van der Waals surface area contributed by atoms with E-state index in [2.05, 4.69) is 21.5 Å². The van der Waals surface area contributed by atoms with Crippen molar-refractivity contribution in [2.45, 2.75) is 26.2 Å². The molecule has 0 saturated carbocycles. The van der Waals surface area contributed by atoms with Crippen molar-refractivity contribution in [1.29, 1.82) is 0 Å². The molecule has 0 saturated heterocycles. The van der Waals surface area contributed by atoms with Gasteiger partial charge in [-0.25, -0.2) is 0 Å². The van der Waals surface area contributed by atoms with E-state index in [9.17, 15) is 4.79 Å². The highest BCUT2D eigenvalue weighted by Crippen LogP contribution is 2.19. The molecule has 4 nitrogen and oxygen atoms in total. The third kappa shape index (κ3) is 3.13. The second kappa shape index (κ2) is 5.60. The summed E-state index contributed by atoms with van der Waals surface area (Å²) in [6, 6.07) is 0. The molecule has 0 aromatic carbocycles. The molecule has 0 spiro atoms. The summed E-state index contributed by atoms with van der Waals surface area (Å²) in [4.78, 5) is 12.3. The molecule has 0 aliphatic heterocycles. The van der Waals surface area contributed by atoms with Crippen molar-refractivity contribution in [2.24, 2.45) is 0 Å². The monoisotopic (exact) mass is 225 g/mol. The molecule has 1 aromatic heterocycles. The molecule has 1 rings (SSSR count). The lowest BCUT2D eigenvalue weighted by Crippen LogP contribution is -2.24. The fourth-order valence-corrected chi connectivity index (χ4v) is 1.84. The maximum atomic E-state index is 11.7. The predicted molar refractivity (Wildman–Crippen MR) is 61.1 cm³/mol. The average molecular weight is 225 g/mol. The van der Waals surface area contributed by atoms with Gasteiger partial charge in [0.1, 0.15) is 4.88 Å². The lowest BCUT2D eigenvalue weighted by Gasteiger charge is -2.04. The van der Waals surface area contributed by atoms with E-state index in [1.54, 1.807) is 6.08 Å². The maximum absolute atomic E-state index is 11.7. The Labute approximate surface area is 93.6 Å². The average Bonchev–Trinajstić information content (AvgIpc) is 2.66. The summed E-state index contributed by atoms with van der Waals surface area (Å²) in [5.41, 5.74) is 0.774. The van der Waals surface area contributed by atoms with Crippen molar-refractivity contribution in [1.82, 2.24) is 14.9 Å². The van der Waals surface area contributed by atoms with Gasteiger partial charge in [0, 0.05) is 6.54 Å². The van der Waals surface area contributed by atoms with Gasteiger partial charge in [0.05, 0.1) is 5.69 Å². The van der Waals surface area contributed by atoms with Crippen molar-refractivity contribution in [3.05, 3.63) is 23.2 Å². The van der Waals surface area contributed by atoms with Crippen LogP contribution in [0.4, 0.5) is 0 Å². The van der Waals surface area contributed by atoms with Crippen LogP contribution >= 0.6 is 11.5 Å². The molecular formula is C10H15N3OS. The number of hydrogen-bond donors (Lipinski definition) is 1. The van der Waals surface area contributed by atoms with Gasteiger partial charge < -0.3 is 5.32 Å². The van der Waals surface area contributed by atoms with E-state index in [1.165, 1.54) is 0 Å². The molecule has 0 radical (unpaired) electrons. The third-order valence-corrected chi connectivity index (χ3v) is 2.64. The molecule has 0 unspecified atom stereocenters. The lowest BCUT2D eigenvalue weighted by molar-refractivity contribution is 0.0957. The number of nitrogens with one attached hydrogen (secondary N) is 1. The first-order valence-corrected chi connectivity index (χ1v) is 5.65. The van der Waals surface area contributed by atoms with Crippen LogP contribution in [0.5, 0.6) is 0 Å². The van der Waals surface area contributed by atoms with Crippen LogP contribution in [0.15, 0.2) is 12.7 Å². The molecule has 1 N–H and O–H groups in total. The molecule has 1 heterocycles. The highest BCUT2D eigenvalue weighted by atomic mass is 32.1. The molecule has 15 heavy (non-hydrogen) atoms. The molecule has 1 aromatic rings. The zero-order valence-electron chi connectivity index (χ0n) is 8.99. The van der Waals surface area contributed by atoms with E-state index in [0.29, 0.717) is 11.4 Å². The Morgan fingerprint density at radius 3 is 3.00 bits per heavy atom. The minimum atomic E-state index is -0.0875. The normalized spacial score (nSPS) is 10.3. The van der Waals surface area contributed by atoms with Crippen LogP contribution in [0.2, 0.25) is 0 Å². The van der Waals surface area contributed by atoms with Crippen LogP contribution in [-0.2, 0) is 0 Å². The Morgan fingerprint density at radius 2 is 2.40 bits per heavy atom. The van der Waals surface area contributed by atoms with Crippen LogP contribution in [-0.4, -0.2) is 22.0 Å². The van der Waals surface area contributed by atoms with Gasteiger partial charge in [-0.1, -0.05) is 24.4 Å². The summed E-state index contributed by atoms with van der Waals surface area (Å²) < 4.78 is 3.80.